The van der Waals surface area contributed by atoms with E-state index in [1.807, 2.05) is 56.1 Å². The van der Waals surface area contributed by atoms with E-state index in [9.17, 15) is 9.59 Å². The van der Waals surface area contributed by atoms with Gasteiger partial charge >= 0.3 is 6.09 Å². The van der Waals surface area contributed by atoms with Crippen molar-refractivity contribution in [1.82, 2.24) is 24.8 Å². The Hall–Kier alpha value is -4.24. The molecule has 9 heteroatoms. The van der Waals surface area contributed by atoms with Crippen LogP contribution in [0.15, 0.2) is 73.1 Å². The SMILES string of the molecule is COCCCn1c(C2CCCN(C(=O)CC(Cc3ccc(-c4ccccc4)cc3)NC(=O)OC(C)(C)C)C2)nc2ccncc21. The number of benzene rings is 2. The number of nitrogens with one attached hydrogen (secondary N) is 1. The maximum atomic E-state index is 13.8. The molecule has 2 atom stereocenters. The lowest BCUT2D eigenvalue weighted by Gasteiger charge is -2.34. The molecule has 45 heavy (non-hydrogen) atoms. The number of ether oxygens (including phenoxy) is 2. The van der Waals surface area contributed by atoms with Gasteiger partial charge in [0.25, 0.3) is 0 Å². The van der Waals surface area contributed by atoms with Crippen molar-refractivity contribution < 1.29 is 19.1 Å². The molecule has 1 aliphatic heterocycles. The van der Waals surface area contributed by atoms with E-state index in [4.69, 9.17) is 14.5 Å². The normalized spacial score (nSPS) is 16.0. The molecule has 0 radical (unpaired) electrons. The maximum Gasteiger partial charge on any atom is 0.407 e. The minimum absolute atomic E-state index is 0.0189. The summed E-state index contributed by atoms with van der Waals surface area (Å²) >= 11 is 0. The summed E-state index contributed by atoms with van der Waals surface area (Å²) in [4.78, 5) is 37.9. The lowest BCUT2D eigenvalue weighted by molar-refractivity contribution is -0.132. The summed E-state index contributed by atoms with van der Waals surface area (Å²) in [5, 5.41) is 2.99. The molecule has 0 aliphatic carbocycles. The molecule has 0 spiro atoms. The van der Waals surface area contributed by atoms with Gasteiger partial charge < -0.3 is 24.3 Å². The van der Waals surface area contributed by atoms with Gasteiger partial charge in [0.1, 0.15) is 11.4 Å². The van der Waals surface area contributed by atoms with Gasteiger partial charge in [0.2, 0.25) is 5.91 Å². The Morgan fingerprint density at radius 2 is 1.80 bits per heavy atom. The van der Waals surface area contributed by atoms with Gasteiger partial charge in [0.15, 0.2) is 0 Å². The third-order valence-electron chi connectivity index (χ3n) is 8.13. The van der Waals surface area contributed by atoms with E-state index < -0.39 is 17.7 Å². The van der Waals surface area contributed by atoms with Gasteiger partial charge in [-0.3, -0.25) is 9.78 Å². The summed E-state index contributed by atoms with van der Waals surface area (Å²) in [7, 11) is 1.71. The number of rotatable bonds is 11. The number of pyridine rings is 1. The first-order valence-electron chi connectivity index (χ1n) is 15.9. The molecule has 9 nitrogen and oxygen atoms in total. The van der Waals surface area contributed by atoms with Crippen molar-refractivity contribution in [2.24, 2.45) is 0 Å². The van der Waals surface area contributed by atoms with Crippen molar-refractivity contribution in [1.29, 1.82) is 0 Å². The number of aromatic nitrogens is 3. The van der Waals surface area contributed by atoms with Gasteiger partial charge in [-0.05, 0) is 69.2 Å². The molecule has 1 N–H and O–H groups in total. The van der Waals surface area contributed by atoms with Crippen LogP contribution in [0.5, 0.6) is 0 Å². The molecule has 1 aliphatic rings. The fraction of sp³-hybridized carbons (Fsp3) is 0.444. The van der Waals surface area contributed by atoms with E-state index in [0.717, 1.165) is 59.4 Å². The Morgan fingerprint density at radius 3 is 2.53 bits per heavy atom. The molecule has 4 aromatic rings. The average Bonchev–Trinajstić information content (AvgIpc) is 3.39. The molecule has 238 valence electrons. The van der Waals surface area contributed by atoms with E-state index in [2.05, 4.69) is 51.3 Å². The molecule has 2 aromatic carbocycles. The summed E-state index contributed by atoms with van der Waals surface area (Å²) in [6.45, 7) is 8.22. The van der Waals surface area contributed by atoms with Crippen LogP contribution < -0.4 is 5.32 Å². The average molecular weight is 612 g/mol. The number of methoxy groups -OCH3 is 1. The van der Waals surface area contributed by atoms with Crippen LogP contribution in [0.1, 0.15) is 63.8 Å². The number of hydrogen-bond acceptors (Lipinski definition) is 6. The Balaban J connectivity index is 1.30. The van der Waals surface area contributed by atoms with Gasteiger partial charge in [-0.2, -0.15) is 0 Å². The van der Waals surface area contributed by atoms with Gasteiger partial charge in [-0.1, -0.05) is 54.6 Å². The van der Waals surface area contributed by atoms with E-state index in [1.165, 1.54) is 0 Å². The minimum Gasteiger partial charge on any atom is -0.444 e. The smallest absolute Gasteiger partial charge is 0.407 e. The van der Waals surface area contributed by atoms with Crippen LogP contribution in [-0.4, -0.2) is 69.9 Å². The Morgan fingerprint density at radius 1 is 1.04 bits per heavy atom. The molecule has 1 saturated heterocycles. The number of alkyl carbamates (subject to hydrolysis) is 1. The monoisotopic (exact) mass is 611 g/mol. The lowest BCUT2D eigenvalue weighted by atomic mass is 9.95. The molecule has 2 aromatic heterocycles. The first-order chi connectivity index (χ1) is 21.7. The molecule has 5 rings (SSSR count). The second-order valence-electron chi connectivity index (χ2n) is 12.8. The summed E-state index contributed by atoms with van der Waals surface area (Å²) in [5.41, 5.74) is 4.59. The number of fused-ring (bicyclic) bond motifs is 1. The van der Waals surface area contributed by atoms with Crippen molar-refractivity contribution in [3.8, 4) is 11.1 Å². The zero-order valence-electron chi connectivity index (χ0n) is 26.9. The van der Waals surface area contributed by atoms with Gasteiger partial charge in [-0.15, -0.1) is 0 Å². The van der Waals surface area contributed by atoms with E-state index in [0.29, 0.717) is 26.1 Å². The van der Waals surface area contributed by atoms with Crippen molar-refractivity contribution >= 4 is 23.0 Å². The third-order valence-corrected chi connectivity index (χ3v) is 8.13. The first-order valence-corrected chi connectivity index (χ1v) is 15.9. The molecule has 0 saturated carbocycles. The highest BCUT2D eigenvalue weighted by Crippen LogP contribution is 2.30. The first kappa shape index (κ1) is 32.2. The van der Waals surface area contributed by atoms with E-state index in [-0.39, 0.29) is 18.2 Å². The number of imidazole rings is 1. The molecule has 2 unspecified atom stereocenters. The fourth-order valence-electron chi connectivity index (χ4n) is 6.05. The number of carbonyl (C=O) groups is 2. The van der Waals surface area contributed by atoms with Crippen LogP contribution in [0.25, 0.3) is 22.2 Å². The summed E-state index contributed by atoms with van der Waals surface area (Å²) < 4.78 is 13.1. The number of likely N-dealkylation sites (tertiary alicyclic amines) is 1. The highest BCUT2D eigenvalue weighted by molar-refractivity contribution is 5.78. The van der Waals surface area contributed by atoms with E-state index >= 15 is 0 Å². The number of amides is 2. The van der Waals surface area contributed by atoms with Gasteiger partial charge in [0, 0.05) is 57.9 Å². The van der Waals surface area contributed by atoms with Crippen molar-refractivity contribution in [3.05, 3.63) is 84.4 Å². The van der Waals surface area contributed by atoms with Crippen molar-refractivity contribution in [3.63, 3.8) is 0 Å². The predicted molar refractivity (Wildman–Crippen MR) is 176 cm³/mol. The topological polar surface area (TPSA) is 98.6 Å². The number of piperidine rings is 1. The lowest BCUT2D eigenvalue weighted by Crippen LogP contribution is -2.46. The number of hydrogen-bond donors (Lipinski definition) is 1. The van der Waals surface area contributed by atoms with Crippen LogP contribution in [-0.2, 0) is 27.2 Å². The second-order valence-corrected chi connectivity index (χ2v) is 12.8. The zero-order chi connectivity index (χ0) is 31.8. The predicted octanol–water partition coefficient (Wildman–Crippen LogP) is 6.37. The highest BCUT2D eigenvalue weighted by Gasteiger charge is 2.30. The summed E-state index contributed by atoms with van der Waals surface area (Å²) in [6.07, 6.45) is 6.52. The molecule has 2 amide bonds. The zero-order valence-corrected chi connectivity index (χ0v) is 26.9. The van der Waals surface area contributed by atoms with Crippen LogP contribution >= 0.6 is 0 Å². The Kier molecular flexibility index (Phi) is 10.5. The number of nitrogens with zero attached hydrogens (tertiary/aromatic N) is 4. The molecule has 1 fully saturated rings. The molecular weight excluding hydrogens is 566 g/mol. The Bertz CT molecular complexity index is 1560. The van der Waals surface area contributed by atoms with Crippen LogP contribution in [0, 0.1) is 0 Å². The minimum atomic E-state index is -0.639. The standard InChI is InChI=1S/C36H45N5O4/c1-36(2,3)45-35(43)38-30(22-26-13-15-28(16-14-26)27-10-6-5-7-11-27)23-33(42)40-19-8-12-29(25-40)34-39-31-17-18-37-24-32(31)41(34)20-9-21-44-4/h5-7,10-11,13-18,24,29-30H,8-9,12,19-23,25H2,1-4H3,(H,38,43). The molecule has 3 heterocycles. The maximum absolute atomic E-state index is 13.8. The largest absolute Gasteiger partial charge is 0.444 e. The third kappa shape index (κ3) is 8.69. The quantitative estimate of drug-likeness (QED) is 0.198. The van der Waals surface area contributed by atoms with Crippen LogP contribution in [0.2, 0.25) is 0 Å². The van der Waals surface area contributed by atoms with Crippen molar-refractivity contribution in [2.75, 3.05) is 26.8 Å². The van der Waals surface area contributed by atoms with Gasteiger partial charge in [-0.25, -0.2) is 9.78 Å². The van der Waals surface area contributed by atoms with Gasteiger partial charge in [0.05, 0.1) is 17.2 Å². The fourth-order valence-corrected chi connectivity index (χ4v) is 6.05. The van der Waals surface area contributed by atoms with Crippen LogP contribution in [0.4, 0.5) is 4.79 Å². The summed E-state index contributed by atoms with van der Waals surface area (Å²) in [6, 6.07) is 20.0. The Labute approximate surface area is 266 Å². The van der Waals surface area contributed by atoms with Crippen LogP contribution in [0.3, 0.4) is 0 Å². The number of carbonyl (C=O) groups excluding carboxylic acids is 2. The number of aryl methyl sites for hydroxylation is 1. The van der Waals surface area contributed by atoms with E-state index in [1.54, 1.807) is 13.3 Å². The molecular formula is C36H45N5O4. The summed E-state index contributed by atoms with van der Waals surface area (Å²) in [5.74, 6) is 1.12. The van der Waals surface area contributed by atoms with Crippen molar-refractivity contribution in [2.45, 2.75) is 77.0 Å². The second kappa shape index (κ2) is 14.7. The highest BCUT2D eigenvalue weighted by atomic mass is 16.6. The molecule has 0 bridgehead atoms.